The van der Waals surface area contributed by atoms with Gasteiger partial charge in [-0.1, -0.05) is 30.3 Å². The van der Waals surface area contributed by atoms with Crippen LogP contribution < -0.4 is 5.73 Å². The van der Waals surface area contributed by atoms with Crippen LogP contribution >= 0.6 is 0 Å². The van der Waals surface area contributed by atoms with E-state index in [1.54, 1.807) is 6.92 Å². The SMILES string of the molecule is CCOC(=O)C(=O)[C@@H]1CCCN1C(=O)[C@H](N)Cc1ccccc1. The fourth-order valence-electron chi connectivity index (χ4n) is 2.81. The average Bonchev–Trinajstić information content (AvgIpc) is 3.04. The van der Waals surface area contributed by atoms with Crippen molar-refractivity contribution in [2.24, 2.45) is 5.73 Å². The fourth-order valence-corrected chi connectivity index (χ4v) is 2.81. The molecule has 0 aromatic heterocycles. The van der Waals surface area contributed by atoms with Gasteiger partial charge in [0.1, 0.15) is 6.04 Å². The van der Waals surface area contributed by atoms with Gasteiger partial charge in [-0.25, -0.2) is 4.79 Å². The maximum Gasteiger partial charge on any atom is 0.376 e. The van der Waals surface area contributed by atoms with Crippen LogP contribution in [-0.4, -0.2) is 47.8 Å². The molecule has 1 aliphatic rings. The number of carbonyl (C=O) groups excluding carboxylic acids is 3. The normalized spacial score (nSPS) is 18.5. The lowest BCUT2D eigenvalue weighted by molar-refractivity contribution is -0.156. The van der Waals surface area contributed by atoms with Crippen LogP contribution in [0.4, 0.5) is 0 Å². The van der Waals surface area contributed by atoms with Crippen LogP contribution in [0.5, 0.6) is 0 Å². The predicted molar refractivity (Wildman–Crippen MR) is 84.5 cm³/mol. The van der Waals surface area contributed by atoms with Gasteiger partial charge in [0.25, 0.3) is 5.78 Å². The molecular weight excluding hydrogens is 296 g/mol. The van der Waals surface area contributed by atoms with Crippen LogP contribution in [0.15, 0.2) is 30.3 Å². The Morgan fingerprint density at radius 2 is 2.00 bits per heavy atom. The van der Waals surface area contributed by atoms with Gasteiger partial charge in [-0.3, -0.25) is 9.59 Å². The number of benzene rings is 1. The Balaban J connectivity index is 2.02. The second kappa shape index (κ2) is 7.87. The van der Waals surface area contributed by atoms with E-state index in [1.165, 1.54) is 4.90 Å². The van der Waals surface area contributed by atoms with E-state index in [2.05, 4.69) is 0 Å². The Labute approximate surface area is 135 Å². The van der Waals surface area contributed by atoms with Gasteiger partial charge in [-0.15, -0.1) is 0 Å². The molecule has 2 atom stereocenters. The van der Waals surface area contributed by atoms with Crippen molar-refractivity contribution in [3.05, 3.63) is 35.9 Å². The van der Waals surface area contributed by atoms with Gasteiger partial charge in [-0.2, -0.15) is 0 Å². The number of amides is 1. The van der Waals surface area contributed by atoms with Gasteiger partial charge in [-0.05, 0) is 31.7 Å². The first kappa shape index (κ1) is 17.1. The quantitative estimate of drug-likeness (QED) is 0.615. The van der Waals surface area contributed by atoms with Crippen LogP contribution in [0.2, 0.25) is 0 Å². The minimum atomic E-state index is -0.881. The van der Waals surface area contributed by atoms with Crippen LogP contribution in [0.3, 0.4) is 0 Å². The molecule has 1 aliphatic heterocycles. The first-order chi connectivity index (χ1) is 11.0. The molecule has 1 aromatic carbocycles. The summed E-state index contributed by atoms with van der Waals surface area (Å²) in [5, 5.41) is 0. The molecule has 0 radical (unpaired) electrons. The summed E-state index contributed by atoms with van der Waals surface area (Å²) < 4.78 is 4.74. The van der Waals surface area contributed by atoms with E-state index in [-0.39, 0.29) is 12.5 Å². The molecule has 1 saturated heterocycles. The number of carbonyl (C=O) groups is 3. The minimum Gasteiger partial charge on any atom is -0.460 e. The van der Waals surface area contributed by atoms with E-state index in [0.29, 0.717) is 25.8 Å². The molecule has 124 valence electrons. The molecule has 0 aliphatic carbocycles. The van der Waals surface area contributed by atoms with Crippen LogP contribution in [-0.2, 0) is 25.5 Å². The van der Waals surface area contributed by atoms with E-state index in [4.69, 9.17) is 10.5 Å². The number of nitrogens with zero attached hydrogens (tertiary/aromatic N) is 1. The number of ketones is 1. The monoisotopic (exact) mass is 318 g/mol. The van der Waals surface area contributed by atoms with Gasteiger partial charge in [0.05, 0.1) is 12.6 Å². The van der Waals surface area contributed by atoms with Crippen molar-refractivity contribution >= 4 is 17.7 Å². The third-order valence-corrected chi connectivity index (χ3v) is 3.93. The lowest BCUT2D eigenvalue weighted by atomic mass is 10.0. The summed E-state index contributed by atoms with van der Waals surface area (Å²) in [4.78, 5) is 37.7. The summed E-state index contributed by atoms with van der Waals surface area (Å²) >= 11 is 0. The van der Waals surface area contributed by atoms with Gasteiger partial charge < -0.3 is 15.4 Å². The maximum atomic E-state index is 12.5. The van der Waals surface area contributed by atoms with Crippen molar-refractivity contribution in [2.75, 3.05) is 13.2 Å². The molecule has 0 unspecified atom stereocenters. The molecule has 6 nitrogen and oxygen atoms in total. The summed E-state index contributed by atoms with van der Waals surface area (Å²) in [6.45, 7) is 2.22. The highest BCUT2D eigenvalue weighted by atomic mass is 16.5. The zero-order valence-electron chi connectivity index (χ0n) is 13.2. The zero-order chi connectivity index (χ0) is 16.8. The Morgan fingerprint density at radius 1 is 1.30 bits per heavy atom. The number of hydrogen-bond donors (Lipinski definition) is 1. The van der Waals surface area contributed by atoms with Crippen molar-refractivity contribution in [3.63, 3.8) is 0 Å². The fraction of sp³-hybridized carbons (Fsp3) is 0.471. The van der Waals surface area contributed by atoms with Gasteiger partial charge in [0, 0.05) is 6.54 Å². The molecule has 1 fully saturated rings. The Hall–Kier alpha value is -2.21. The lowest BCUT2D eigenvalue weighted by Crippen LogP contribution is -2.50. The standard InChI is InChI=1S/C17H22N2O4/c1-2-23-17(22)15(20)14-9-6-10-19(14)16(21)13(18)11-12-7-4-3-5-8-12/h3-5,7-8,13-14H,2,6,9-11,18H2,1H3/t13-,14+/m1/s1. The Kier molecular flexibility index (Phi) is 5.87. The van der Waals surface area contributed by atoms with E-state index in [0.717, 1.165) is 5.56 Å². The van der Waals surface area contributed by atoms with E-state index in [1.807, 2.05) is 30.3 Å². The molecule has 0 saturated carbocycles. The topological polar surface area (TPSA) is 89.7 Å². The molecule has 1 amide bonds. The second-order valence-corrected chi connectivity index (χ2v) is 5.57. The highest BCUT2D eigenvalue weighted by molar-refractivity contribution is 6.36. The summed E-state index contributed by atoms with van der Waals surface area (Å²) in [6, 6.07) is 7.99. The number of nitrogens with two attached hydrogens (primary N) is 1. The number of Topliss-reactive ketones (excluding diaryl/α,β-unsaturated/α-hetero) is 1. The highest BCUT2D eigenvalue weighted by Crippen LogP contribution is 2.20. The van der Waals surface area contributed by atoms with Crippen LogP contribution in [0, 0.1) is 0 Å². The zero-order valence-corrected chi connectivity index (χ0v) is 13.2. The molecule has 2 N–H and O–H groups in total. The van der Waals surface area contributed by atoms with Crippen LogP contribution in [0.1, 0.15) is 25.3 Å². The number of likely N-dealkylation sites (tertiary alicyclic amines) is 1. The van der Waals surface area contributed by atoms with E-state index >= 15 is 0 Å². The van der Waals surface area contributed by atoms with Crippen molar-refractivity contribution in [2.45, 2.75) is 38.3 Å². The van der Waals surface area contributed by atoms with Gasteiger partial charge in [0.2, 0.25) is 5.91 Å². The Morgan fingerprint density at radius 3 is 2.65 bits per heavy atom. The lowest BCUT2D eigenvalue weighted by Gasteiger charge is -2.26. The highest BCUT2D eigenvalue weighted by Gasteiger charge is 2.39. The first-order valence-corrected chi connectivity index (χ1v) is 7.85. The molecule has 0 spiro atoms. The van der Waals surface area contributed by atoms with Crippen LogP contribution in [0.25, 0.3) is 0 Å². The van der Waals surface area contributed by atoms with Gasteiger partial charge >= 0.3 is 5.97 Å². The second-order valence-electron chi connectivity index (χ2n) is 5.57. The van der Waals surface area contributed by atoms with E-state index in [9.17, 15) is 14.4 Å². The third kappa shape index (κ3) is 4.16. The smallest absolute Gasteiger partial charge is 0.376 e. The summed E-state index contributed by atoms with van der Waals surface area (Å²) in [5.74, 6) is -1.84. The summed E-state index contributed by atoms with van der Waals surface area (Å²) in [5.41, 5.74) is 6.97. The Bertz CT molecular complexity index is 573. The maximum absolute atomic E-state index is 12.5. The number of hydrogen-bond acceptors (Lipinski definition) is 5. The van der Waals surface area contributed by atoms with E-state index < -0.39 is 23.8 Å². The third-order valence-electron chi connectivity index (χ3n) is 3.93. The first-order valence-electron chi connectivity index (χ1n) is 7.85. The summed E-state index contributed by atoms with van der Waals surface area (Å²) in [6.07, 6.45) is 1.55. The average molecular weight is 318 g/mol. The van der Waals surface area contributed by atoms with Gasteiger partial charge in [0.15, 0.2) is 0 Å². The number of ether oxygens (including phenoxy) is 1. The molecule has 0 bridgehead atoms. The van der Waals surface area contributed by atoms with Crippen molar-refractivity contribution in [3.8, 4) is 0 Å². The van der Waals surface area contributed by atoms with Crippen molar-refractivity contribution in [1.29, 1.82) is 0 Å². The van der Waals surface area contributed by atoms with Crippen molar-refractivity contribution < 1.29 is 19.1 Å². The molecule has 1 aromatic rings. The molecule has 1 heterocycles. The predicted octanol–water partition coefficient (Wildman–Crippen LogP) is 0.680. The molecular formula is C17H22N2O4. The molecule has 6 heteroatoms. The number of esters is 1. The molecule has 2 rings (SSSR count). The molecule has 23 heavy (non-hydrogen) atoms. The largest absolute Gasteiger partial charge is 0.460 e. The summed E-state index contributed by atoms with van der Waals surface area (Å²) in [7, 11) is 0. The number of rotatable bonds is 6. The van der Waals surface area contributed by atoms with Crippen molar-refractivity contribution in [1.82, 2.24) is 4.90 Å². The minimum absolute atomic E-state index is 0.138.